The highest BCUT2D eigenvalue weighted by molar-refractivity contribution is 5.76. The molecule has 116 valence electrons. The lowest BCUT2D eigenvalue weighted by molar-refractivity contribution is -0.137. The molecule has 1 fully saturated rings. The first kappa shape index (κ1) is 16.8. The molecule has 0 aliphatic heterocycles. The van der Waals surface area contributed by atoms with Crippen molar-refractivity contribution in [3.8, 4) is 0 Å². The van der Waals surface area contributed by atoms with Gasteiger partial charge in [-0.2, -0.15) is 0 Å². The molecular formula is C15H28N2O3. The Kier molecular flexibility index (Phi) is 7.41. The molecule has 0 aromatic heterocycles. The number of carboxylic acids is 1. The number of nitrogens with zero attached hydrogens (tertiary/aromatic N) is 1. The summed E-state index contributed by atoms with van der Waals surface area (Å²) in [6, 6.07) is 0.161. The van der Waals surface area contributed by atoms with Gasteiger partial charge in [0.2, 0.25) is 0 Å². The van der Waals surface area contributed by atoms with Gasteiger partial charge in [0.25, 0.3) is 0 Å². The summed E-state index contributed by atoms with van der Waals surface area (Å²) in [5.41, 5.74) is 0. The third-order valence-corrected chi connectivity index (χ3v) is 3.90. The number of carbonyl (C=O) groups excluding carboxylic acids is 1. The summed E-state index contributed by atoms with van der Waals surface area (Å²) in [6.07, 6.45) is 6.61. The molecule has 1 unspecified atom stereocenters. The van der Waals surface area contributed by atoms with E-state index in [1.807, 2.05) is 0 Å². The molecule has 1 atom stereocenters. The van der Waals surface area contributed by atoms with E-state index >= 15 is 0 Å². The average Bonchev–Trinajstić information content (AvgIpc) is 3.23. The third kappa shape index (κ3) is 6.26. The van der Waals surface area contributed by atoms with Crippen molar-refractivity contribution in [1.29, 1.82) is 0 Å². The Morgan fingerprint density at radius 3 is 2.55 bits per heavy atom. The molecule has 0 aromatic rings. The molecule has 1 rings (SSSR count). The molecule has 0 bridgehead atoms. The summed E-state index contributed by atoms with van der Waals surface area (Å²) in [5, 5.41) is 11.7. The number of nitrogens with one attached hydrogen (secondary N) is 1. The van der Waals surface area contributed by atoms with Gasteiger partial charge in [-0.15, -0.1) is 0 Å². The van der Waals surface area contributed by atoms with Crippen LogP contribution in [0.1, 0.15) is 58.8 Å². The highest BCUT2D eigenvalue weighted by Crippen LogP contribution is 2.27. The summed E-state index contributed by atoms with van der Waals surface area (Å²) >= 11 is 0. The van der Waals surface area contributed by atoms with Crippen molar-refractivity contribution in [3.05, 3.63) is 0 Å². The zero-order chi connectivity index (χ0) is 15.0. The van der Waals surface area contributed by atoms with E-state index in [1.54, 1.807) is 4.90 Å². The number of unbranched alkanes of at least 4 members (excludes halogenated alkanes) is 1. The van der Waals surface area contributed by atoms with E-state index in [2.05, 4.69) is 19.2 Å². The van der Waals surface area contributed by atoms with Gasteiger partial charge in [-0.05, 0) is 25.2 Å². The van der Waals surface area contributed by atoms with E-state index < -0.39 is 5.97 Å². The zero-order valence-electron chi connectivity index (χ0n) is 12.7. The van der Waals surface area contributed by atoms with Crippen LogP contribution in [0.4, 0.5) is 4.79 Å². The van der Waals surface area contributed by atoms with Crippen LogP contribution in [-0.2, 0) is 4.79 Å². The first-order chi connectivity index (χ1) is 9.58. The number of urea groups is 1. The molecule has 2 amide bonds. The van der Waals surface area contributed by atoms with Crippen molar-refractivity contribution >= 4 is 12.0 Å². The van der Waals surface area contributed by atoms with Crippen LogP contribution in [0.15, 0.2) is 0 Å². The van der Waals surface area contributed by atoms with E-state index in [-0.39, 0.29) is 18.5 Å². The number of hydrogen-bond acceptors (Lipinski definition) is 2. The van der Waals surface area contributed by atoms with Crippen molar-refractivity contribution in [2.45, 2.75) is 64.8 Å². The molecule has 5 heteroatoms. The maximum absolute atomic E-state index is 12.2. The molecule has 1 aliphatic rings. The SMILES string of the molecule is CCCCC(CC)CNC(=O)N(CCC(=O)O)C1CC1. The minimum absolute atomic E-state index is 0.0248. The molecule has 0 saturated heterocycles. The van der Waals surface area contributed by atoms with Gasteiger partial charge >= 0.3 is 12.0 Å². The lowest BCUT2D eigenvalue weighted by atomic mass is 9.99. The maximum Gasteiger partial charge on any atom is 0.317 e. The van der Waals surface area contributed by atoms with Gasteiger partial charge in [0.05, 0.1) is 6.42 Å². The fraction of sp³-hybridized carbons (Fsp3) is 0.867. The van der Waals surface area contributed by atoms with Crippen LogP contribution in [-0.4, -0.2) is 41.1 Å². The first-order valence-corrected chi connectivity index (χ1v) is 7.84. The van der Waals surface area contributed by atoms with Gasteiger partial charge in [-0.3, -0.25) is 4.79 Å². The number of amides is 2. The lowest BCUT2D eigenvalue weighted by Crippen LogP contribution is -2.44. The van der Waals surface area contributed by atoms with Gasteiger partial charge in [0.1, 0.15) is 0 Å². The molecule has 20 heavy (non-hydrogen) atoms. The molecule has 1 aliphatic carbocycles. The number of aliphatic carboxylic acids is 1. The Labute approximate surface area is 121 Å². The molecule has 0 spiro atoms. The minimum Gasteiger partial charge on any atom is -0.481 e. The molecule has 5 nitrogen and oxygen atoms in total. The second-order valence-electron chi connectivity index (χ2n) is 5.67. The summed E-state index contributed by atoms with van der Waals surface area (Å²) in [6.45, 7) is 5.34. The quantitative estimate of drug-likeness (QED) is 0.648. The molecule has 0 radical (unpaired) electrons. The summed E-state index contributed by atoms with van der Waals surface area (Å²) in [4.78, 5) is 24.5. The van der Waals surface area contributed by atoms with Crippen LogP contribution >= 0.6 is 0 Å². The molecular weight excluding hydrogens is 256 g/mol. The Morgan fingerprint density at radius 1 is 1.35 bits per heavy atom. The fourth-order valence-electron chi connectivity index (χ4n) is 2.33. The number of carboxylic acid groups (broad SMARTS) is 1. The molecule has 1 saturated carbocycles. The summed E-state index contributed by atoms with van der Waals surface area (Å²) in [7, 11) is 0. The lowest BCUT2D eigenvalue weighted by Gasteiger charge is -2.24. The van der Waals surface area contributed by atoms with Crippen molar-refractivity contribution in [2.24, 2.45) is 5.92 Å². The van der Waals surface area contributed by atoms with Gasteiger partial charge in [0, 0.05) is 19.1 Å². The third-order valence-electron chi connectivity index (χ3n) is 3.90. The summed E-state index contributed by atoms with van der Waals surface area (Å²) in [5.74, 6) is -0.322. The van der Waals surface area contributed by atoms with Crippen LogP contribution in [0.25, 0.3) is 0 Å². The zero-order valence-corrected chi connectivity index (χ0v) is 12.7. The maximum atomic E-state index is 12.2. The van der Waals surface area contributed by atoms with Crippen molar-refractivity contribution in [3.63, 3.8) is 0 Å². The Morgan fingerprint density at radius 2 is 2.05 bits per heavy atom. The number of hydrogen-bond donors (Lipinski definition) is 2. The van der Waals surface area contributed by atoms with Gasteiger partial charge < -0.3 is 15.3 Å². The van der Waals surface area contributed by atoms with Crippen LogP contribution in [0.3, 0.4) is 0 Å². The van der Waals surface area contributed by atoms with Crippen molar-refractivity contribution in [1.82, 2.24) is 10.2 Å². The van der Waals surface area contributed by atoms with Gasteiger partial charge in [-0.25, -0.2) is 4.79 Å². The largest absolute Gasteiger partial charge is 0.481 e. The predicted octanol–water partition coefficient (Wildman–Crippen LogP) is 2.85. The van der Waals surface area contributed by atoms with Crippen LogP contribution in [0.2, 0.25) is 0 Å². The van der Waals surface area contributed by atoms with Crippen molar-refractivity contribution < 1.29 is 14.7 Å². The number of rotatable bonds is 10. The molecule has 0 aromatic carbocycles. The first-order valence-electron chi connectivity index (χ1n) is 7.84. The predicted molar refractivity (Wildman–Crippen MR) is 78.7 cm³/mol. The smallest absolute Gasteiger partial charge is 0.317 e. The minimum atomic E-state index is -0.849. The topological polar surface area (TPSA) is 69.6 Å². The van der Waals surface area contributed by atoms with Crippen LogP contribution in [0, 0.1) is 5.92 Å². The fourth-order valence-corrected chi connectivity index (χ4v) is 2.33. The van der Waals surface area contributed by atoms with Gasteiger partial charge in [0.15, 0.2) is 0 Å². The average molecular weight is 284 g/mol. The van der Waals surface area contributed by atoms with Crippen molar-refractivity contribution in [2.75, 3.05) is 13.1 Å². The Hall–Kier alpha value is -1.26. The van der Waals surface area contributed by atoms with Gasteiger partial charge in [-0.1, -0.05) is 33.1 Å². The standard InChI is InChI=1S/C15H28N2O3/c1-3-5-6-12(4-2)11-16-15(20)17(13-7-8-13)10-9-14(18)19/h12-13H,3-11H2,1-2H3,(H,16,20)(H,18,19). The Balaban J connectivity index is 2.35. The second kappa shape index (κ2) is 8.82. The second-order valence-corrected chi connectivity index (χ2v) is 5.67. The highest BCUT2D eigenvalue weighted by atomic mass is 16.4. The van der Waals surface area contributed by atoms with E-state index in [0.29, 0.717) is 19.0 Å². The summed E-state index contributed by atoms with van der Waals surface area (Å²) < 4.78 is 0. The molecule has 0 heterocycles. The normalized spacial score (nSPS) is 15.7. The number of carbonyl (C=O) groups is 2. The van der Waals surface area contributed by atoms with Crippen LogP contribution < -0.4 is 5.32 Å². The monoisotopic (exact) mass is 284 g/mol. The Bertz CT molecular complexity index is 316. The van der Waals surface area contributed by atoms with E-state index in [4.69, 9.17) is 5.11 Å². The van der Waals surface area contributed by atoms with E-state index in [1.165, 1.54) is 12.8 Å². The van der Waals surface area contributed by atoms with E-state index in [0.717, 1.165) is 25.7 Å². The van der Waals surface area contributed by atoms with E-state index in [9.17, 15) is 9.59 Å². The highest BCUT2D eigenvalue weighted by Gasteiger charge is 2.32. The molecule has 2 N–H and O–H groups in total. The van der Waals surface area contributed by atoms with Crippen LogP contribution in [0.5, 0.6) is 0 Å².